The molecule has 1 fully saturated rings. The van der Waals surface area contributed by atoms with Crippen molar-refractivity contribution in [1.82, 2.24) is 9.80 Å². The number of methoxy groups -OCH3 is 1. The fourth-order valence-electron chi connectivity index (χ4n) is 3.03. The number of piperidine rings is 1. The molecular formula is C15H28N2O3. The van der Waals surface area contributed by atoms with Crippen LogP contribution in [0.1, 0.15) is 40.0 Å². The van der Waals surface area contributed by atoms with Gasteiger partial charge in [0.2, 0.25) is 5.91 Å². The molecule has 0 aromatic rings. The Hall–Kier alpha value is -1.10. The normalized spacial score (nSPS) is 24.6. The Bertz CT molecular complexity index is 336. The molecule has 1 rings (SSSR count). The number of amides is 1. The fourth-order valence-corrected chi connectivity index (χ4v) is 3.03. The Balaban J connectivity index is 2.50. The van der Waals surface area contributed by atoms with Crippen molar-refractivity contribution in [3.63, 3.8) is 0 Å². The predicted octanol–water partition coefficient (Wildman–Crippen LogP) is 1.52. The number of nitrogens with zero attached hydrogens (tertiary/aromatic N) is 2. The van der Waals surface area contributed by atoms with Crippen molar-refractivity contribution in [3.8, 4) is 0 Å². The first-order valence-electron chi connectivity index (χ1n) is 7.44. The number of hydrogen-bond donors (Lipinski definition) is 0. The molecule has 0 bridgehead atoms. The molecular weight excluding hydrogens is 256 g/mol. The number of ether oxygens (including phenoxy) is 1. The first kappa shape index (κ1) is 17.0. The maximum atomic E-state index is 12.4. The molecule has 0 aromatic heterocycles. The summed E-state index contributed by atoms with van der Waals surface area (Å²) in [5.41, 5.74) is 0. The lowest BCUT2D eigenvalue weighted by molar-refractivity contribution is -0.146. The zero-order chi connectivity index (χ0) is 15.3. The summed E-state index contributed by atoms with van der Waals surface area (Å²) in [6, 6.07) is 0.635. The van der Waals surface area contributed by atoms with Crippen molar-refractivity contribution >= 4 is 11.9 Å². The molecule has 1 amide bonds. The van der Waals surface area contributed by atoms with E-state index in [0.29, 0.717) is 25.2 Å². The van der Waals surface area contributed by atoms with Crippen LogP contribution in [0.3, 0.4) is 0 Å². The van der Waals surface area contributed by atoms with Gasteiger partial charge in [0.25, 0.3) is 0 Å². The summed E-state index contributed by atoms with van der Waals surface area (Å²) >= 11 is 0. The van der Waals surface area contributed by atoms with E-state index >= 15 is 0 Å². The van der Waals surface area contributed by atoms with E-state index in [1.54, 1.807) is 0 Å². The van der Waals surface area contributed by atoms with Gasteiger partial charge in [0.15, 0.2) is 0 Å². The monoisotopic (exact) mass is 284 g/mol. The van der Waals surface area contributed by atoms with E-state index < -0.39 is 0 Å². The Morgan fingerprint density at radius 2 is 1.85 bits per heavy atom. The van der Waals surface area contributed by atoms with Gasteiger partial charge in [-0.1, -0.05) is 6.92 Å². The Morgan fingerprint density at radius 3 is 2.35 bits per heavy atom. The molecule has 1 saturated heterocycles. The number of carbonyl (C=O) groups is 2. The van der Waals surface area contributed by atoms with Gasteiger partial charge < -0.3 is 9.64 Å². The van der Waals surface area contributed by atoms with Gasteiger partial charge >= 0.3 is 5.97 Å². The summed E-state index contributed by atoms with van der Waals surface area (Å²) in [5.74, 6) is -0.290. The Labute approximate surface area is 122 Å². The zero-order valence-electron chi connectivity index (χ0n) is 13.4. The summed E-state index contributed by atoms with van der Waals surface area (Å²) in [6.07, 6.45) is 3.36. The number of likely N-dealkylation sites (tertiary alicyclic amines) is 1. The molecule has 5 nitrogen and oxygen atoms in total. The van der Waals surface area contributed by atoms with Gasteiger partial charge in [-0.05, 0) is 40.2 Å². The third-order valence-electron chi connectivity index (χ3n) is 4.08. The minimum absolute atomic E-state index is 0.157. The van der Waals surface area contributed by atoms with Crippen LogP contribution in [-0.2, 0) is 14.3 Å². The van der Waals surface area contributed by atoms with Crippen LogP contribution in [0.25, 0.3) is 0 Å². The Kier molecular flexibility index (Phi) is 6.46. The highest BCUT2D eigenvalue weighted by Gasteiger charge is 2.29. The summed E-state index contributed by atoms with van der Waals surface area (Å²) < 4.78 is 4.71. The van der Waals surface area contributed by atoms with Crippen molar-refractivity contribution in [3.05, 3.63) is 0 Å². The molecule has 3 unspecified atom stereocenters. The first-order valence-corrected chi connectivity index (χ1v) is 7.44. The number of likely N-dealkylation sites (N-methyl/N-ethyl adjacent to an activating group) is 1. The van der Waals surface area contributed by atoms with Crippen LogP contribution in [0.15, 0.2) is 0 Å². The van der Waals surface area contributed by atoms with Crippen molar-refractivity contribution in [2.75, 3.05) is 27.2 Å². The largest absolute Gasteiger partial charge is 0.469 e. The number of hydrogen-bond acceptors (Lipinski definition) is 4. The average Bonchev–Trinajstić information content (AvgIpc) is 2.37. The molecule has 5 heteroatoms. The van der Waals surface area contributed by atoms with E-state index in [0.717, 1.165) is 12.8 Å². The second-order valence-corrected chi connectivity index (χ2v) is 6.05. The molecule has 116 valence electrons. The maximum absolute atomic E-state index is 12.4. The van der Waals surface area contributed by atoms with Crippen molar-refractivity contribution in [1.29, 1.82) is 0 Å². The highest BCUT2D eigenvalue weighted by molar-refractivity contribution is 5.79. The summed E-state index contributed by atoms with van der Waals surface area (Å²) in [4.78, 5) is 27.7. The van der Waals surface area contributed by atoms with E-state index in [4.69, 9.17) is 4.74 Å². The second-order valence-electron chi connectivity index (χ2n) is 6.05. The molecule has 0 saturated carbocycles. The standard InChI is InChI=1S/C15H28N2O3/c1-11(15(19)20-5)9-16(4)10-14(18)17-12(2)7-6-8-13(17)3/h11-13H,6-10H2,1-5H3. The summed E-state index contributed by atoms with van der Waals surface area (Å²) in [7, 11) is 3.26. The minimum Gasteiger partial charge on any atom is -0.469 e. The third-order valence-corrected chi connectivity index (χ3v) is 4.08. The van der Waals surface area contributed by atoms with Crippen LogP contribution in [0.5, 0.6) is 0 Å². The fraction of sp³-hybridized carbons (Fsp3) is 0.867. The third kappa shape index (κ3) is 4.47. The van der Waals surface area contributed by atoms with Gasteiger partial charge in [0.1, 0.15) is 0 Å². The molecule has 0 aliphatic carbocycles. The molecule has 3 atom stereocenters. The SMILES string of the molecule is COC(=O)C(C)CN(C)CC(=O)N1C(C)CCCC1C. The van der Waals surface area contributed by atoms with Gasteiger partial charge in [-0.2, -0.15) is 0 Å². The second kappa shape index (κ2) is 7.62. The van der Waals surface area contributed by atoms with Crippen molar-refractivity contribution in [2.45, 2.75) is 52.1 Å². The molecule has 0 radical (unpaired) electrons. The summed E-state index contributed by atoms with van der Waals surface area (Å²) in [6.45, 7) is 6.94. The van der Waals surface area contributed by atoms with Crippen LogP contribution in [0.2, 0.25) is 0 Å². The van der Waals surface area contributed by atoms with Gasteiger partial charge in [-0.25, -0.2) is 0 Å². The predicted molar refractivity (Wildman–Crippen MR) is 78.3 cm³/mol. The minimum atomic E-state index is -0.232. The lowest BCUT2D eigenvalue weighted by atomic mass is 9.97. The van der Waals surface area contributed by atoms with Crippen molar-refractivity contribution in [2.24, 2.45) is 5.92 Å². The molecule has 1 aliphatic heterocycles. The van der Waals surface area contributed by atoms with Crippen molar-refractivity contribution < 1.29 is 14.3 Å². The van der Waals surface area contributed by atoms with Crippen LogP contribution in [-0.4, -0.2) is 61.0 Å². The highest BCUT2D eigenvalue weighted by atomic mass is 16.5. The zero-order valence-corrected chi connectivity index (χ0v) is 13.4. The van der Waals surface area contributed by atoms with Gasteiger partial charge in [-0.15, -0.1) is 0 Å². The lowest BCUT2D eigenvalue weighted by Gasteiger charge is -2.40. The number of esters is 1. The van der Waals surface area contributed by atoms with Crippen LogP contribution in [0, 0.1) is 5.92 Å². The number of rotatable bonds is 5. The van der Waals surface area contributed by atoms with E-state index in [1.165, 1.54) is 13.5 Å². The average molecular weight is 284 g/mol. The lowest BCUT2D eigenvalue weighted by Crippen LogP contribution is -2.51. The molecule has 1 aliphatic rings. The van der Waals surface area contributed by atoms with Crippen LogP contribution >= 0.6 is 0 Å². The van der Waals surface area contributed by atoms with E-state index in [9.17, 15) is 9.59 Å². The van der Waals surface area contributed by atoms with E-state index in [2.05, 4.69) is 13.8 Å². The molecule has 0 spiro atoms. The first-order chi connectivity index (χ1) is 9.36. The quantitative estimate of drug-likeness (QED) is 0.718. The van der Waals surface area contributed by atoms with E-state index in [1.807, 2.05) is 23.8 Å². The smallest absolute Gasteiger partial charge is 0.309 e. The van der Waals surface area contributed by atoms with Gasteiger partial charge in [0, 0.05) is 18.6 Å². The number of carbonyl (C=O) groups excluding carboxylic acids is 2. The topological polar surface area (TPSA) is 49.9 Å². The van der Waals surface area contributed by atoms with Gasteiger partial charge in [-0.3, -0.25) is 14.5 Å². The maximum Gasteiger partial charge on any atom is 0.309 e. The molecule has 1 heterocycles. The Morgan fingerprint density at radius 1 is 1.30 bits per heavy atom. The molecule has 0 aromatic carbocycles. The van der Waals surface area contributed by atoms with Crippen LogP contribution < -0.4 is 0 Å². The highest BCUT2D eigenvalue weighted by Crippen LogP contribution is 2.22. The molecule has 0 N–H and O–H groups in total. The van der Waals surface area contributed by atoms with Gasteiger partial charge in [0.05, 0.1) is 19.6 Å². The van der Waals surface area contributed by atoms with E-state index in [-0.39, 0.29) is 17.8 Å². The summed E-state index contributed by atoms with van der Waals surface area (Å²) in [5, 5.41) is 0. The van der Waals surface area contributed by atoms with Crippen LogP contribution in [0.4, 0.5) is 0 Å². The molecule has 20 heavy (non-hydrogen) atoms.